The molecule has 0 aliphatic heterocycles. The Labute approximate surface area is 155 Å². The Morgan fingerprint density at radius 2 is 2.00 bits per heavy atom. The van der Waals surface area contributed by atoms with E-state index < -0.39 is 11.8 Å². The largest absolute Gasteiger partial charge is 0.457 e. The Bertz CT molecular complexity index is 961. The Kier molecular flexibility index (Phi) is 5.09. The fourth-order valence-electron chi connectivity index (χ4n) is 2.68. The fourth-order valence-corrected chi connectivity index (χ4v) is 2.93. The van der Waals surface area contributed by atoms with Crippen molar-refractivity contribution in [2.45, 2.75) is 27.4 Å². The molecule has 0 amide bonds. The molecule has 134 valence electrons. The second-order valence-corrected chi connectivity index (χ2v) is 6.47. The Morgan fingerprint density at radius 3 is 2.73 bits per heavy atom. The van der Waals surface area contributed by atoms with E-state index in [1.54, 1.807) is 6.92 Å². The average Bonchev–Trinajstić information content (AvgIpc) is 2.96. The molecule has 1 heterocycles. The quantitative estimate of drug-likeness (QED) is 0.573. The highest BCUT2D eigenvalue weighted by molar-refractivity contribution is 6.33. The topological polar surface area (TPSA) is 52.3 Å². The summed E-state index contributed by atoms with van der Waals surface area (Å²) < 4.78 is 24.7. The first-order valence-corrected chi connectivity index (χ1v) is 8.40. The van der Waals surface area contributed by atoms with Crippen molar-refractivity contribution in [2.24, 2.45) is 0 Å². The monoisotopic (exact) mass is 373 g/mol. The molecule has 26 heavy (non-hydrogen) atoms. The van der Waals surface area contributed by atoms with Crippen LogP contribution in [0.5, 0.6) is 0 Å². The van der Waals surface area contributed by atoms with Crippen LogP contribution in [0, 0.1) is 26.6 Å². The molecule has 3 rings (SSSR count). The molecular weight excluding hydrogens is 357 g/mol. The molecule has 0 bridgehead atoms. The molecule has 0 radical (unpaired) electrons. The number of benzene rings is 2. The van der Waals surface area contributed by atoms with Crippen molar-refractivity contribution < 1.29 is 18.4 Å². The van der Waals surface area contributed by atoms with E-state index in [1.807, 2.05) is 32.0 Å². The number of carbonyl (C=O) groups excluding carboxylic acids is 1. The number of hydrogen-bond acceptors (Lipinski definition) is 4. The van der Waals surface area contributed by atoms with Crippen molar-refractivity contribution in [3.63, 3.8) is 0 Å². The summed E-state index contributed by atoms with van der Waals surface area (Å²) in [6.07, 6.45) is 0. The van der Waals surface area contributed by atoms with Crippen LogP contribution in [0.4, 0.5) is 4.39 Å². The van der Waals surface area contributed by atoms with Crippen LogP contribution in [0.25, 0.3) is 11.3 Å². The first kappa shape index (κ1) is 18.1. The van der Waals surface area contributed by atoms with Crippen molar-refractivity contribution in [3.8, 4) is 11.3 Å². The van der Waals surface area contributed by atoms with Crippen LogP contribution < -0.4 is 0 Å². The minimum Gasteiger partial charge on any atom is -0.457 e. The van der Waals surface area contributed by atoms with Gasteiger partial charge in [0, 0.05) is 0 Å². The summed E-state index contributed by atoms with van der Waals surface area (Å²) in [5.41, 5.74) is 3.12. The third kappa shape index (κ3) is 3.48. The zero-order chi connectivity index (χ0) is 18.8. The lowest BCUT2D eigenvalue weighted by Gasteiger charge is -2.09. The number of aromatic nitrogens is 1. The maximum absolute atomic E-state index is 14.2. The number of halogens is 2. The number of aryl methyl sites for hydroxylation is 3. The lowest BCUT2D eigenvalue weighted by molar-refractivity contribution is 0.0471. The minimum absolute atomic E-state index is 0.0182. The molecule has 4 nitrogen and oxygen atoms in total. The maximum Gasteiger partial charge on any atom is 0.344 e. The Morgan fingerprint density at radius 1 is 1.23 bits per heavy atom. The summed E-state index contributed by atoms with van der Waals surface area (Å²) in [6.45, 7) is 5.58. The van der Waals surface area contributed by atoms with E-state index in [4.69, 9.17) is 20.9 Å². The SMILES string of the molecule is Cc1ccc(C)c(COC(=O)c2c(-c3c(F)cccc3Cl)noc2C)c1. The van der Waals surface area contributed by atoms with Gasteiger partial charge in [0.2, 0.25) is 0 Å². The van der Waals surface area contributed by atoms with Gasteiger partial charge in [0.15, 0.2) is 0 Å². The summed E-state index contributed by atoms with van der Waals surface area (Å²) in [7, 11) is 0. The van der Waals surface area contributed by atoms with Gasteiger partial charge in [-0.15, -0.1) is 0 Å². The second kappa shape index (κ2) is 7.30. The van der Waals surface area contributed by atoms with Gasteiger partial charge >= 0.3 is 5.97 Å². The predicted octanol–water partition coefficient (Wildman–Crippen LogP) is 5.42. The molecule has 2 aromatic carbocycles. The van der Waals surface area contributed by atoms with Crippen molar-refractivity contribution >= 4 is 17.6 Å². The Hall–Kier alpha value is -2.66. The highest BCUT2D eigenvalue weighted by Crippen LogP contribution is 2.33. The molecule has 0 aliphatic carbocycles. The maximum atomic E-state index is 14.2. The van der Waals surface area contributed by atoms with Gasteiger partial charge in [0.05, 0.1) is 10.6 Å². The summed E-state index contributed by atoms with van der Waals surface area (Å²) in [6, 6.07) is 10.2. The highest BCUT2D eigenvalue weighted by Gasteiger charge is 2.26. The van der Waals surface area contributed by atoms with Gasteiger partial charge in [-0.2, -0.15) is 0 Å². The number of nitrogens with zero attached hydrogens (tertiary/aromatic N) is 1. The van der Waals surface area contributed by atoms with Crippen molar-refractivity contribution in [2.75, 3.05) is 0 Å². The van der Waals surface area contributed by atoms with Gasteiger partial charge in [-0.05, 0) is 44.0 Å². The molecule has 0 spiro atoms. The molecule has 0 aliphatic rings. The second-order valence-electron chi connectivity index (χ2n) is 6.07. The van der Waals surface area contributed by atoms with E-state index in [-0.39, 0.29) is 34.2 Å². The molecule has 0 saturated heterocycles. The van der Waals surface area contributed by atoms with Crippen LogP contribution in [0.15, 0.2) is 40.9 Å². The molecule has 0 saturated carbocycles. The fraction of sp³-hybridized carbons (Fsp3) is 0.200. The standard InChI is InChI=1S/C20H17ClFNO3/c1-11-7-8-12(2)14(9-11)10-25-20(24)17-13(3)26-23-19(17)18-15(21)5-4-6-16(18)22/h4-9H,10H2,1-3H3. The van der Waals surface area contributed by atoms with Crippen molar-refractivity contribution in [3.05, 3.63) is 75.3 Å². The van der Waals surface area contributed by atoms with Gasteiger partial charge in [0.1, 0.15) is 29.4 Å². The van der Waals surface area contributed by atoms with E-state index in [1.165, 1.54) is 18.2 Å². The lowest BCUT2D eigenvalue weighted by Crippen LogP contribution is -2.08. The molecule has 3 aromatic rings. The van der Waals surface area contributed by atoms with Crippen LogP contribution in [0.3, 0.4) is 0 Å². The summed E-state index contributed by atoms with van der Waals surface area (Å²) in [5.74, 6) is -0.987. The molecule has 6 heteroatoms. The number of hydrogen-bond donors (Lipinski definition) is 0. The molecule has 0 N–H and O–H groups in total. The van der Waals surface area contributed by atoms with Crippen LogP contribution in [-0.4, -0.2) is 11.1 Å². The van der Waals surface area contributed by atoms with E-state index in [0.717, 1.165) is 16.7 Å². The van der Waals surface area contributed by atoms with Gasteiger partial charge in [-0.25, -0.2) is 9.18 Å². The summed E-state index contributed by atoms with van der Waals surface area (Å²) in [4.78, 5) is 12.6. The van der Waals surface area contributed by atoms with E-state index in [2.05, 4.69) is 5.16 Å². The summed E-state index contributed by atoms with van der Waals surface area (Å²) in [5, 5.41) is 3.96. The Balaban J connectivity index is 1.91. The van der Waals surface area contributed by atoms with E-state index in [9.17, 15) is 9.18 Å². The normalized spacial score (nSPS) is 10.8. The molecule has 0 unspecified atom stereocenters. The summed E-state index contributed by atoms with van der Waals surface area (Å²) >= 11 is 6.09. The molecular formula is C20H17ClFNO3. The van der Waals surface area contributed by atoms with Crippen LogP contribution in [-0.2, 0) is 11.3 Å². The van der Waals surface area contributed by atoms with Gasteiger partial charge < -0.3 is 9.26 Å². The first-order chi connectivity index (χ1) is 12.4. The zero-order valence-corrected chi connectivity index (χ0v) is 15.4. The van der Waals surface area contributed by atoms with Gasteiger partial charge in [-0.1, -0.05) is 46.6 Å². The molecule has 1 aromatic heterocycles. The lowest BCUT2D eigenvalue weighted by atomic mass is 10.1. The molecule has 0 fully saturated rings. The average molecular weight is 374 g/mol. The van der Waals surface area contributed by atoms with Gasteiger partial charge in [0.25, 0.3) is 0 Å². The van der Waals surface area contributed by atoms with Crippen LogP contribution >= 0.6 is 11.6 Å². The third-order valence-electron chi connectivity index (χ3n) is 4.13. The number of rotatable bonds is 4. The number of carbonyl (C=O) groups is 1. The van der Waals surface area contributed by atoms with Crippen LogP contribution in [0.2, 0.25) is 5.02 Å². The minimum atomic E-state index is -0.640. The third-order valence-corrected chi connectivity index (χ3v) is 4.44. The predicted molar refractivity (Wildman–Crippen MR) is 96.7 cm³/mol. The van der Waals surface area contributed by atoms with Crippen LogP contribution in [0.1, 0.15) is 32.8 Å². The van der Waals surface area contributed by atoms with Gasteiger partial charge in [-0.3, -0.25) is 0 Å². The zero-order valence-electron chi connectivity index (χ0n) is 14.6. The smallest absolute Gasteiger partial charge is 0.344 e. The highest BCUT2D eigenvalue weighted by atomic mass is 35.5. The van der Waals surface area contributed by atoms with Crippen molar-refractivity contribution in [1.82, 2.24) is 5.16 Å². The first-order valence-electron chi connectivity index (χ1n) is 8.02. The van der Waals surface area contributed by atoms with E-state index >= 15 is 0 Å². The number of ether oxygens (including phenoxy) is 1. The van der Waals surface area contributed by atoms with Crippen molar-refractivity contribution in [1.29, 1.82) is 0 Å². The number of esters is 1. The molecule has 0 atom stereocenters. The van der Waals surface area contributed by atoms with E-state index in [0.29, 0.717) is 0 Å².